The van der Waals surface area contributed by atoms with Gasteiger partial charge in [-0.25, -0.2) is 9.78 Å². The number of aryl methyl sites for hydroxylation is 1. The van der Waals surface area contributed by atoms with Crippen LogP contribution in [0.3, 0.4) is 0 Å². The Morgan fingerprint density at radius 2 is 2.32 bits per heavy atom. The first-order chi connectivity index (χ1) is 10.8. The van der Waals surface area contributed by atoms with E-state index in [1.807, 2.05) is 25.1 Å². The number of fused-ring (bicyclic) bond motifs is 1. The Balaban J connectivity index is 1.80. The van der Waals surface area contributed by atoms with E-state index >= 15 is 0 Å². The maximum atomic E-state index is 12.6. The average molecular weight is 300 g/mol. The van der Waals surface area contributed by atoms with Crippen LogP contribution >= 0.6 is 0 Å². The third kappa shape index (κ3) is 2.62. The summed E-state index contributed by atoms with van der Waals surface area (Å²) in [4.78, 5) is 16.5. The van der Waals surface area contributed by atoms with Gasteiger partial charge in [0.05, 0.1) is 13.2 Å². The topological polar surface area (TPSA) is 69.0 Å². The molecule has 1 N–H and O–H groups in total. The zero-order valence-corrected chi connectivity index (χ0v) is 12.7. The van der Waals surface area contributed by atoms with Crippen LogP contribution in [-0.4, -0.2) is 33.9 Å². The van der Waals surface area contributed by atoms with Crippen molar-refractivity contribution in [3.05, 3.63) is 48.0 Å². The summed E-state index contributed by atoms with van der Waals surface area (Å²) in [7, 11) is 0. The van der Waals surface area contributed by atoms with Gasteiger partial charge in [0.25, 0.3) is 0 Å². The van der Waals surface area contributed by atoms with Gasteiger partial charge in [-0.15, -0.1) is 0 Å². The minimum Gasteiger partial charge on any atom is -0.464 e. The zero-order chi connectivity index (χ0) is 15.4. The zero-order valence-electron chi connectivity index (χ0n) is 12.7. The summed E-state index contributed by atoms with van der Waals surface area (Å²) in [5.41, 5.74) is 1.50. The monoisotopic (exact) mass is 300 g/mol. The largest absolute Gasteiger partial charge is 0.464 e. The van der Waals surface area contributed by atoms with Gasteiger partial charge in [-0.05, 0) is 30.9 Å². The minimum absolute atomic E-state index is 0.196. The molecule has 1 heterocycles. The van der Waals surface area contributed by atoms with E-state index in [4.69, 9.17) is 4.74 Å². The molecule has 116 valence electrons. The summed E-state index contributed by atoms with van der Waals surface area (Å²) in [5.74, 6) is -0.196. The van der Waals surface area contributed by atoms with Crippen LogP contribution in [0, 0.1) is 0 Å². The molecule has 0 fully saturated rings. The van der Waals surface area contributed by atoms with E-state index in [-0.39, 0.29) is 5.97 Å². The molecule has 1 aromatic heterocycles. The SMILES string of the molecule is CCOC(=O)C1(NCCn2cncn2)CCc2ccccc21. The Morgan fingerprint density at radius 1 is 1.45 bits per heavy atom. The van der Waals surface area contributed by atoms with Gasteiger partial charge in [-0.1, -0.05) is 24.3 Å². The number of carbonyl (C=O) groups is 1. The van der Waals surface area contributed by atoms with Crippen LogP contribution in [0.2, 0.25) is 0 Å². The first-order valence-corrected chi connectivity index (χ1v) is 7.59. The number of nitrogens with one attached hydrogen (secondary N) is 1. The smallest absolute Gasteiger partial charge is 0.331 e. The first-order valence-electron chi connectivity index (χ1n) is 7.59. The number of nitrogens with zero attached hydrogens (tertiary/aromatic N) is 3. The first kappa shape index (κ1) is 14.7. The highest BCUT2D eigenvalue weighted by atomic mass is 16.5. The van der Waals surface area contributed by atoms with E-state index in [1.54, 1.807) is 11.0 Å². The second kappa shape index (κ2) is 6.27. The van der Waals surface area contributed by atoms with Crippen molar-refractivity contribution in [1.29, 1.82) is 0 Å². The third-order valence-electron chi connectivity index (χ3n) is 4.10. The Hall–Kier alpha value is -2.21. The molecule has 1 unspecified atom stereocenters. The van der Waals surface area contributed by atoms with Crippen molar-refractivity contribution in [2.75, 3.05) is 13.2 Å². The van der Waals surface area contributed by atoms with Gasteiger partial charge in [-0.3, -0.25) is 10.00 Å². The van der Waals surface area contributed by atoms with Crippen LogP contribution < -0.4 is 5.32 Å². The summed E-state index contributed by atoms with van der Waals surface area (Å²) in [6.45, 7) is 3.50. The second-order valence-electron chi connectivity index (χ2n) is 5.37. The van der Waals surface area contributed by atoms with Gasteiger partial charge < -0.3 is 4.74 Å². The average Bonchev–Trinajstić information content (AvgIpc) is 3.17. The molecule has 0 saturated carbocycles. The van der Waals surface area contributed by atoms with Gasteiger partial charge in [0.1, 0.15) is 18.2 Å². The van der Waals surface area contributed by atoms with Gasteiger partial charge >= 0.3 is 5.97 Å². The number of ether oxygens (including phenoxy) is 1. The quantitative estimate of drug-likeness (QED) is 0.814. The number of esters is 1. The van der Waals surface area contributed by atoms with Crippen LogP contribution in [0.4, 0.5) is 0 Å². The highest BCUT2D eigenvalue weighted by molar-refractivity contribution is 5.84. The van der Waals surface area contributed by atoms with E-state index < -0.39 is 5.54 Å². The Morgan fingerprint density at radius 3 is 3.09 bits per heavy atom. The van der Waals surface area contributed by atoms with Crippen molar-refractivity contribution in [2.24, 2.45) is 0 Å². The molecule has 6 nitrogen and oxygen atoms in total. The van der Waals surface area contributed by atoms with Gasteiger partial charge in [0.15, 0.2) is 0 Å². The van der Waals surface area contributed by atoms with E-state index in [0.29, 0.717) is 19.7 Å². The molecule has 2 aromatic rings. The lowest BCUT2D eigenvalue weighted by Crippen LogP contribution is -2.49. The number of carbonyl (C=O) groups excluding carboxylic acids is 1. The van der Waals surface area contributed by atoms with Crippen molar-refractivity contribution in [3.8, 4) is 0 Å². The molecule has 0 amide bonds. The Bertz CT molecular complexity index is 641. The summed E-state index contributed by atoms with van der Waals surface area (Å²) < 4.78 is 7.08. The summed E-state index contributed by atoms with van der Waals surface area (Å²) >= 11 is 0. The summed E-state index contributed by atoms with van der Waals surface area (Å²) in [6.07, 6.45) is 4.78. The van der Waals surface area contributed by atoms with E-state index in [1.165, 1.54) is 11.9 Å². The number of benzene rings is 1. The fourth-order valence-electron chi connectivity index (χ4n) is 3.07. The van der Waals surface area contributed by atoms with Crippen LogP contribution in [-0.2, 0) is 28.0 Å². The maximum Gasteiger partial charge on any atom is 0.331 e. The van der Waals surface area contributed by atoms with Crippen LogP contribution in [0.5, 0.6) is 0 Å². The number of hydrogen-bond acceptors (Lipinski definition) is 5. The molecular weight excluding hydrogens is 280 g/mol. The molecule has 1 atom stereocenters. The van der Waals surface area contributed by atoms with Crippen LogP contribution in [0.25, 0.3) is 0 Å². The molecule has 0 spiro atoms. The molecular formula is C16H20N4O2. The van der Waals surface area contributed by atoms with Crippen molar-refractivity contribution in [3.63, 3.8) is 0 Å². The molecule has 0 radical (unpaired) electrons. The summed E-state index contributed by atoms with van der Waals surface area (Å²) in [6, 6.07) is 8.07. The third-order valence-corrected chi connectivity index (χ3v) is 4.10. The molecule has 0 aliphatic heterocycles. The second-order valence-corrected chi connectivity index (χ2v) is 5.37. The lowest BCUT2D eigenvalue weighted by molar-refractivity contribution is -0.151. The van der Waals surface area contributed by atoms with Crippen molar-refractivity contribution in [2.45, 2.75) is 31.8 Å². The predicted octanol–water partition coefficient (Wildman–Crippen LogP) is 1.27. The van der Waals surface area contributed by atoms with Gasteiger partial charge in [0.2, 0.25) is 0 Å². The molecule has 0 bridgehead atoms. The van der Waals surface area contributed by atoms with Gasteiger partial charge in [-0.2, -0.15) is 5.10 Å². The highest BCUT2D eigenvalue weighted by Crippen LogP contribution is 2.37. The van der Waals surface area contributed by atoms with E-state index in [2.05, 4.69) is 21.5 Å². The highest BCUT2D eigenvalue weighted by Gasteiger charge is 2.46. The number of rotatable bonds is 6. The fourth-order valence-corrected chi connectivity index (χ4v) is 3.07. The van der Waals surface area contributed by atoms with E-state index in [9.17, 15) is 4.79 Å². The maximum absolute atomic E-state index is 12.6. The summed E-state index contributed by atoms with van der Waals surface area (Å²) in [5, 5.41) is 7.49. The number of hydrogen-bond donors (Lipinski definition) is 1. The molecule has 22 heavy (non-hydrogen) atoms. The Labute approximate surface area is 129 Å². The lowest BCUT2D eigenvalue weighted by atomic mass is 9.91. The van der Waals surface area contributed by atoms with Crippen molar-refractivity contribution in [1.82, 2.24) is 20.1 Å². The molecule has 0 saturated heterocycles. The predicted molar refractivity (Wildman–Crippen MR) is 81.1 cm³/mol. The van der Waals surface area contributed by atoms with E-state index in [0.717, 1.165) is 18.4 Å². The molecule has 6 heteroatoms. The van der Waals surface area contributed by atoms with Crippen LogP contribution in [0.1, 0.15) is 24.5 Å². The van der Waals surface area contributed by atoms with Crippen molar-refractivity contribution >= 4 is 5.97 Å². The fraction of sp³-hybridized carbons (Fsp3) is 0.438. The molecule has 1 aliphatic rings. The number of aromatic nitrogens is 3. The Kier molecular flexibility index (Phi) is 4.20. The van der Waals surface area contributed by atoms with Gasteiger partial charge in [0, 0.05) is 6.54 Å². The molecule has 1 aliphatic carbocycles. The molecule has 3 rings (SSSR count). The lowest BCUT2D eigenvalue weighted by Gasteiger charge is -2.29. The normalized spacial score (nSPS) is 19.9. The molecule has 1 aromatic carbocycles. The van der Waals surface area contributed by atoms with Crippen molar-refractivity contribution < 1.29 is 9.53 Å². The minimum atomic E-state index is -0.743. The van der Waals surface area contributed by atoms with Crippen LogP contribution in [0.15, 0.2) is 36.9 Å². The standard InChI is InChI=1S/C16H20N4O2/c1-2-22-15(21)16(18-9-10-20-12-17-11-19-20)8-7-13-5-3-4-6-14(13)16/h3-6,11-12,18H,2,7-10H2,1H3.